The second-order valence-electron chi connectivity index (χ2n) is 8.27. The molecule has 1 atom stereocenters. The number of unbranched alkanes of at least 4 members (excludes halogenated alkanes) is 9. The standard InChI is InChI=1S/C24H36BrN/c1-2-3-4-5-6-7-8-9-10-11-13-19-14-12-15-21-22-18-20(25)16-17-23(22)26-24(19)21/h16-19,26H,2-15H2,1H3. The van der Waals surface area contributed by atoms with Crippen LogP contribution in [0.3, 0.4) is 0 Å². The Bertz CT molecular complexity index is 672. The van der Waals surface area contributed by atoms with Crippen LogP contribution in [-0.2, 0) is 6.42 Å². The Kier molecular flexibility index (Phi) is 8.10. The summed E-state index contributed by atoms with van der Waals surface area (Å²) >= 11 is 3.64. The van der Waals surface area contributed by atoms with Crippen LogP contribution in [0.2, 0.25) is 0 Å². The highest BCUT2D eigenvalue weighted by molar-refractivity contribution is 9.10. The first-order chi connectivity index (χ1) is 12.8. The second kappa shape index (κ2) is 10.5. The fourth-order valence-corrected chi connectivity index (χ4v) is 5.06. The summed E-state index contributed by atoms with van der Waals surface area (Å²) in [6.45, 7) is 2.30. The van der Waals surface area contributed by atoms with E-state index < -0.39 is 0 Å². The Morgan fingerprint density at radius 3 is 2.38 bits per heavy atom. The zero-order valence-corrected chi connectivity index (χ0v) is 18.2. The van der Waals surface area contributed by atoms with Gasteiger partial charge in [-0.3, -0.25) is 0 Å². The number of benzene rings is 1. The molecule has 2 aromatic rings. The number of fused-ring (bicyclic) bond motifs is 3. The lowest BCUT2D eigenvalue weighted by molar-refractivity contribution is 0.475. The van der Waals surface area contributed by atoms with Crippen LogP contribution in [0.15, 0.2) is 22.7 Å². The van der Waals surface area contributed by atoms with Crippen molar-refractivity contribution in [2.24, 2.45) is 0 Å². The van der Waals surface area contributed by atoms with Crippen molar-refractivity contribution in [2.45, 2.75) is 103 Å². The van der Waals surface area contributed by atoms with E-state index in [2.05, 4.69) is 46.0 Å². The van der Waals surface area contributed by atoms with E-state index in [-0.39, 0.29) is 0 Å². The molecule has 144 valence electrons. The summed E-state index contributed by atoms with van der Waals surface area (Å²) in [5.74, 6) is 0.763. The molecule has 0 bridgehead atoms. The fraction of sp³-hybridized carbons (Fsp3) is 0.667. The largest absolute Gasteiger partial charge is 0.358 e. The number of aryl methyl sites for hydroxylation is 1. The van der Waals surface area contributed by atoms with Crippen LogP contribution in [0.5, 0.6) is 0 Å². The molecule has 0 saturated heterocycles. The van der Waals surface area contributed by atoms with Crippen molar-refractivity contribution in [3.8, 4) is 0 Å². The van der Waals surface area contributed by atoms with E-state index in [0.717, 1.165) is 5.92 Å². The summed E-state index contributed by atoms with van der Waals surface area (Å²) in [7, 11) is 0. The van der Waals surface area contributed by atoms with Gasteiger partial charge < -0.3 is 4.98 Å². The number of hydrogen-bond donors (Lipinski definition) is 1. The molecule has 1 aromatic carbocycles. The van der Waals surface area contributed by atoms with Crippen molar-refractivity contribution in [3.05, 3.63) is 33.9 Å². The van der Waals surface area contributed by atoms with E-state index in [0.29, 0.717) is 0 Å². The molecule has 2 heteroatoms. The van der Waals surface area contributed by atoms with Crippen LogP contribution >= 0.6 is 15.9 Å². The third-order valence-electron chi connectivity index (χ3n) is 6.19. The zero-order valence-electron chi connectivity index (χ0n) is 16.6. The van der Waals surface area contributed by atoms with Crippen LogP contribution in [-0.4, -0.2) is 4.98 Å². The van der Waals surface area contributed by atoms with Gasteiger partial charge in [0.15, 0.2) is 0 Å². The molecular formula is C24H36BrN. The van der Waals surface area contributed by atoms with E-state index in [1.165, 1.54) is 105 Å². The van der Waals surface area contributed by atoms with Gasteiger partial charge in [0.25, 0.3) is 0 Å². The normalized spacial score (nSPS) is 16.9. The lowest BCUT2D eigenvalue weighted by Crippen LogP contribution is -2.09. The van der Waals surface area contributed by atoms with Crippen LogP contribution in [0, 0.1) is 0 Å². The maximum absolute atomic E-state index is 3.76. The topological polar surface area (TPSA) is 15.8 Å². The van der Waals surface area contributed by atoms with E-state index >= 15 is 0 Å². The maximum atomic E-state index is 3.76. The first-order valence-corrected chi connectivity index (χ1v) is 11.9. The van der Waals surface area contributed by atoms with Crippen molar-refractivity contribution in [1.29, 1.82) is 0 Å². The second-order valence-corrected chi connectivity index (χ2v) is 9.18. The number of nitrogens with one attached hydrogen (secondary N) is 1. The van der Waals surface area contributed by atoms with Crippen LogP contribution in [0.4, 0.5) is 0 Å². The molecule has 1 nitrogen and oxygen atoms in total. The molecule has 1 aliphatic rings. The van der Waals surface area contributed by atoms with Gasteiger partial charge >= 0.3 is 0 Å². The lowest BCUT2D eigenvalue weighted by Gasteiger charge is -2.22. The quantitative estimate of drug-likeness (QED) is 0.351. The summed E-state index contributed by atoms with van der Waals surface area (Å²) in [5, 5.41) is 1.45. The monoisotopic (exact) mass is 417 g/mol. The zero-order chi connectivity index (χ0) is 18.2. The first-order valence-electron chi connectivity index (χ1n) is 11.1. The van der Waals surface area contributed by atoms with Crippen molar-refractivity contribution in [2.75, 3.05) is 0 Å². The molecule has 26 heavy (non-hydrogen) atoms. The SMILES string of the molecule is CCCCCCCCCCCCC1CCCc2c1[nH]c1ccc(Br)cc21. The molecule has 0 spiro atoms. The third-order valence-corrected chi connectivity index (χ3v) is 6.69. The highest BCUT2D eigenvalue weighted by Crippen LogP contribution is 2.39. The summed E-state index contributed by atoms with van der Waals surface area (Å²) in [6.07, 6.45) is 19.7. The number of rotatable bonds is 11. The first kappa shape index (κ1) is 20.0. The van der Waals surface area contributed by atoms with Gasteiger partial charge in [-0.15, -0.1) is 0 Å². The molecule has 0 amide bonds. The fourth-order valence-electron chi connectivity index (χ4n) is 4.69. The minimum atomic E-state index is 0.763. The smallest absolute Gasteiger partial charge is 0.0459 e. The van der Waals surface area contributed by atoms with Crippen LogP contribution < -0.4 is 0 Å². The Hall–Kier alpha value is -0.760. The minimum Gasteiger partial charge on any atom is -0.358 e. The summed E-state index contributed by atoms with van der Waals surface area (Å²) in [4.78, 5) is 3.76. The number of aromatic nitrogens is 1. The van der Waals surface area contributed by atoms with Crippen molar-refractivity contribution >= 4 is 26.8 Å². The average Bonchev–Trinajstić information content (AvgIpc) is 3.02. The van der Waals surface area contributed by atoms with Gasteiger partial charge in [-0.05, 0) is 55.4 Å². The van der Waals surface area contributed by atoms with Crippen molar-refractivity contribution < 1.29 is 0 Å². The molecule has 0 saturated carbocycles. The summed E-state index contributed by atoms with van der Waals surface area (Å²) in [6, 6.07) is 6.68. The van der Waals surface area contributed by atoms with Gasteiger partial charge in [0.2, 0.25) is 0 Å². The predicted octanol–water partition coefficient (Wildman–Crippen LogP) is 8.66. The van der Waals surface area contributed by atoms with Crippen molar-refractivity contribution in [3.63, 3.8) is 0 Å². The van der Waals surface area contributed by atoms with E-state index in [9.17, 15) is 0 Å². The molecule has 0 radical (unpaired) electrons. The Morgan fingerprint density at radius 2 is 1.65 bits per heavy atom. The van der Waals surface area contributed by atoms with Crippen LogP contribution in [0.1, 0.15) is 108 Å². The van der Waals surface area contributed by atoms with Gasteiger partial charge in [0.1, 0.15) is 0 Å². The molecule has 1 heterocycles. The third kappa shape index (κ3) is 5.38. The Morgan fingerprint density at radius 1 is 0.962 bits per heavy atom. The van der Waals surface area contributed by atoms with E-state index in [4.69, 9.17) is 0 Å². The van der Waals surface area contributed by atoms with E-state index in [1.54, 1.807) is 11.3 Å². The number of halogens is 1. The van der Waals surface area contributed by atoms with Gasteiger partial charge in [-0.1, -0.05) is 87.1 Å². The Balaban J connectivity index is 1.40. The molecule has 1 unspecified atom stereocenters. The van der Waals surface area contributed by atoms with Crippen LogP contribution in [0.25, 0.3) is 10.9 Å². The maximum Gasteiger partial charge on any atom is 0.0459 e. The average molecular weight is 418 g/mol. The van der Waals surface area contributed by atoms with Gasteiger partial charge in [-0.25, -0.2) is 0 Å². The highest BCUT2D eigenvalue weighted by atomic mass is 79.9. The van der Waals surface area contributed by atoms with E-state index in [1.807, 2.05) is 0 Å². The highest BCUT2D eigenvalue weighted by Gasteiger charge is 2.23. The molecule has 1 N–H and O–H groups in total. The molecule has 1 aromatic heterocycles. The molecule has 3 rings (SSSR count). The lowest BCUT2D eigenvalue weighted by atomic mass is 9.83. The van der Waals surface area contributed by atoms with Gasteiger partial charge in [0, 0.05) is 21.1 Å². The summed E-state index contributed by atoms with van der Waals surface area (Å²) < 4.78 is 1.20. The molecule has 1 aliphatic carbocycles. The number of hydrogen-bond acceptors (Lipinski definition) is 0. The van der Waals surface area contributed by atoms with Gasteiger partial charge in [-0.2, -0.15) is 0 Å². The number of H-pyrrole nitrogens is 1. The molecule has 0 aliphatic heterocycles. The van der Waals surface area contributed by atoms with Gasteiger partial charge in [0.05, 0.1) is 0 Å². The molecule has 0 fully saturated rings. The summed E-state index contributed by atoms with van der Waals surface area (Å²) in [5.41, 5.74) is 4.48. The minimum absolute atomic E-state index is 0.763. The predicted molar refractivity (Wildman–Crippen MR) is 118 cm³/mol. The Labute approximate surface area is 168 Å². The number of aromatic amines is 1. The van der Waals surface area contributed by atoms with Crippen molar-refractivity contribution in [1.82, 2.24) is 4.98 Å². The molecular weight excluding hydrogens is 382 g/mol.